The number of ether oxygens (including phenoxy) is 1. The molecule has 0 bridgehead atoms. The molecule has 3 nitrogen and oxygen atoms in total. The maximum atomic E-state index is 5.98. The summed E-state index contributed by atoms with van der Waals surface area (Å²) in [4.78, 5) is 4.46. The van der Waals surface area contributed by atoms with Crippen LogP contribution in [0.1, 0.15) is 24.8 Å². The quantitative estimate of drug-likeness (QED) is 0.927. The van der Waals surface area contributed by atoms with Crippen molar-refractivity contribution in [3.8, 4) is 5.75 Å². The van der Waals surface area contributed by atoms with E-state index >= 15 is 0 Å². The number of nitrogens with two attached hydrogens (primary N) is 1. The Balaban J connectivity index is 2.02. The van der Waals surface area contributed by atoms with E-state index in [2.05, 4.69) is 23.2 Å². The summed E-state index contributed by atoms with van der Waals surface area (Å²) in [6.07, 6.45) is 8.42. The number of fused-ring (bicyclic) bond motifs is 1. The average Bonchev–Trinajstić information content (AvgIpc) is 2.48. The summed E-state index contributed by atoms with van der Waals surface area (Å²) < 4.78 is 5.51. The van der Waals surface area contributed by atoms with Crippen molar-refractivity contribution in [2.75, 3.05) is 7.11 Å². The van der Waals surface area contributed by atoms with Crippen LogP contribution in [0.4, 0.5) is 0 Å². The van der Waals surface area contributed by atoms with Crippen LogP contribution in [0.2, 0.25) is 0 Å². The van der Waals surface area contributed by atoms with Gasteiger partial charge in [0.05, 0.1) is 18.8 Å². The van der Waals surface area contributed by atoms with Gasteiger partial charge in [0.2, 0.25) is 0 Å². The zero-order valence-electron chi connectivity index (χ0n) is 11.8. The van der Waals surface area contributed by atoms with E-state index in [1.54, 1.807) is 7.11 Å². The third-order valence-corrected chi connectivity index (χ3v) is 4.02. The summed E-state index contributed by atoms with van der Waals surface area (Å²) in [5.41, 5.74) is 9.27. The number of methoxy groups -OCH3 is 1. The molecular formula is C17H20N2O. The fraction of sp³-hybridized carbons (Fsp3) is 0.353. The molecule has 1 aliphatic rings. The van der Waals surface area contributed by atoms with Crippen LogP contribution >= 0.6 is 0 Å². The zero-order valence-corrected chi connectivity index (χ0v) is 11.8. The molecule has 1 atom stereocenters. The Hall–Kier alpha value is -2.03. The van der Waals surface area contributed by atoms with Crippen LogP contribution in [0.5, 0.6) is 5.75 Å². The molecule has 20 heavy (non-hydrogen) atoms. The monoisotopic (exact) mass is 268 g/mol. The third-order valence-electron chi connectivity index (χ3n) is 4.02. The van der Waals surface area contributed by atoms with Crippen LogP contribution < -0.4 is 10.5 Å². The van der Waals surface area contributed by atoms with E-state index in [0.717, 1.165) is 29.8 Å². The first kappa shape index (κ1) is 13.0. The molecule has 0 fully saturated rings. The number of rotatable bonds is 3. The van der Waals surface area contributed by atoms with Gasteiger partial charge in [0, 0.05) is 16.6 Å². The standard InChI is InChI=1S/C17H20N2O/c1-20-17-11-19-16-8-3-2-7-14(16)15(17)10-12-5-4-6-13(18)9-12/h2-3,7-9,11-12H,4-6,10,18H2,1H3/t12-/m1/s1. The van der Waals surface area contributed by atoms with Crippen molar-refractivity contribution >= 4 is 10.9 Å². The number of aromatic nitrogens is 1. The van der Waals surface area contributed by atoms with Gasteiger partial charge in [-0.3, -0.25) is 4.98 Å². The zero-order chi connectivity index (χ0) is 13.9. The Labute approximate surface area is 119 Å². The Kier molecular flexibility index (Phi) is 3.59. The van der Waals surface area contributed by atoms with Crippen molar-refractivity contribution in [1.82, 2.24) is 4.98 Å². The Morgan fingerprint density at radius 2 is 2.20 bits per heavy atom. The van der Waals surface area contributed by atoms with Gasteiger partial charge in [-0.25, -0.2) is 0 Å². The molecule has 0 radical (unpaired) electrons. The molecule has 0 unspecified atom stereocenters. The SMILES string of the molecule is COc1cnc2ccccc2c1C[C@H]1C=C(N)CCC1. The second-order valence-corrected chi connectivity index (χ2v) is 5.42. The second kappa shape index (κ2) is 5.53. The van der Waals surface area contributed by atoms with E-state index in [1.807, 2.05) is 18.3 Å². The molecule has 0 aliphatic heterocycles. The minimum atomic E-state index is 0.503. The third kappa shape index (κ3) is 2.48. The van der Waals surface area contributed by atoms with E-state index < -0.39 is 0 Å². The first-order valence-corrected chi connectivity index (χ1v) is 7.14. The van der Waals surface area contributed by atoms with E-state index in [9.17, 15) is 0 Å². The fourth-order valence-corrected chi connectivity index (χ4v) is 3.03. The van der Waals surface area contributed by atoms with Crippen molar-refractivity contribution in [2.45, 2.75) is 25.7 Å². The number of nitrogens with zero attached hydrogens (tertiary/aromatic N) is 1. The highest BCUT2D eigenvalue weighted by Crippen LogP contribution is 2.31. The number of benzene rings is 1. The number of hydrogen-bond donors (Lipinski definition) is 1. The minimum Gasteiger partial charge on any atom is -0.495 e. The molecule has 2 N–H and O–H groups in total. The molecular weight excluding hydrogens is 248 g/mol. The lowest BCUT2D eigenvalue weighted by atomic mass is 9.87. The van der Waals surface area contributed by atoms with E-state index in [-0.39, 0.29) is 0 Å². The van der Waals surface area contributed by atoms with E-state index in [4.69, 9.17) is 10.5 Å². The molecule has 2 aromatic rings. The van der Waals surface area contributed by atoms with Crippen LogP contribution in [-0.4, -0.2) is 12.1 Å². The first-order valence-electron chi connectivity index (χ1n) is 7.14. The van der Waals surface area contributed by atoms with Gasteiger partial charge < -0.3 is 10.5 Å². The smallest absolute Gasteiger partial charge is 0.140 e. The fourth-order valence-electron chi connectivity index (χ4n) is 3.03. The number of hydrogen-bond acceptors (Lipinski definition) is 3. The molecule has 0 saturated carbocycles. The normalized spacial score (nSPS) is 18.9. The lowest BCUT2D eigenvalue weighted by Crippen LogP contribution is -2.12. The van der Waals surface area contributed by atoms with Gasteiger partial charge in [-0.2, -0.15) is 0 Å². The summed E-state index contributed by atoms with van der Waals surface area (Å²) in [5.74, 6) is 1.38. The van der Waals surface area contributed by atoms with Gasteiger partial charge in [0.25, 0.3) is 0 Å². The minimum absolute atomic E-state index is 0.503. The van der Waals surface area contributed by atoms with Gasteiger partial charge >= 0.3 is 0 Å². The second-order valence-electron chi connectivity index (χ2n) is 5.42. The van der Waals surface area contributed by atoms with Crippen LogP contribution in [0.3, 0.4) is 0 Å². The summed E-state index contributed by atoms with van der Waals surface area (Å²) in [6.45, 7) is 0. The lowest BCUT2D eigenvalue weighted by Gasteiger charge is -2.21. The summed E-state index contributed by atoms with van der Waals surface area (Å²) in [6, 6.07) is 8.24. The predicted molar refractivity (Wildman–Crippen MR) is 81.6 cm³/mol. The average molecular weight is 268 g/mol. The molecule has 104 valence electrons. The van der Waals surface area contributed by atoms with E-state index in [0.29, 0.717) is 5.92 Å². The van der Waals surface area contributed by atoms with E-state index in [1.165, 1.54) is 23.8 Å². The molecule has 1 aromatic carbocycles. The highest BCUT2D eigenvalue weighted by atomic mass is 16.5. The first-order chi connectivity index (χ1) is 9.78. The van der Waals surface area contributed by atoms with Gasteiger partial charge in [-0.1, -0.05) is 24.3 Å². The Bertz CT molecular complexity index is 648. The number of pyridine rings is 1. The maximum absolute atomic E-state index is 5.98. The van der Waals surface area contributed by atoms with Crippen LogP contribution in [0.15, 0.2) is 42.2 Å². The molecule has 3 heteroatoms. The molecule has 0 spiro atoms. The van der Waals surface area contributed by atoms with Crippen molar-refractivity contribution in [2.24, 2.45) is 11.7 Å². The molecule has 1 aliphatic carbocycles. The highest BCUT2D eigenvalue weighted by Gasteiger charge is 2.17. The van der Waals surface area contributed by atoms with Crippen molar-refractivity contribution in [1.29, 1.82) is 0 Å². The lowest BCUT2D eigenvalue weighted by molar-refractivity contribution is 0.404. The van der Waals surface area contributed by atoms with Gasteiger partial charge in [0.15, 0.2) is 0 Å². The summed E-state index contributed by atoms with van der Waals surface area (Å²) in [5, 5.41) is 1.18. The highest BCUT2D eigenvalue weighted by molar-refractivity contribution is 5.84. The summed E-state index contributed by atoms with van der Waals surface area (Å²) >= 11 is 0. The maximum Gasteiger partial charge on any atom is 0.140 e. The molecule has 0 saturated heterocycles. The van der Waals surface area contributed by atoms with Crippen molar-refractivity contribution < 1.29 is 4.74 Å². The number of allylic oxidation sites excluding steroid dienone is 2. The van der Waals surface area contributed by atoms with Crippen molar-refractivity contribution in [3.63, 3.8) is 0 Å². The molecule has 3 rings (SSSR count). The van der Waals surface area contributed by atoms with Crippen LogP contribution in [-0.2, 0) is 6.42 Å². The number of para-hydroxylation sites is 1. The Morgan fingerprint density at radius 3 is 3.00 bits per heavy atom. The summed E-state index contributed by atoms with van der Waals surface area (Å²) in [7, 11) is 1.71. The predicted octanol–water partition coefficient (Wildman–Crippen LogP) is 3.43. The largest absolute Gasteiger partial charge is 0.495 e. The van der Waals surface area contributed by atoms with Crippen LogP contribution in [0, 0.1) is 5.92 Å². The van der Waals surface area contributed by atoms with Gasteiger partial charge in [0.1, 0.15) is 5.75 Å². The topological polar surface area (TPSA) is 48.1 Å². The molecule has 0 amide bonds. The Morgan fingerprint density at radius 1 is 1.35 bits per heavy atom. The molecule has 1 aromatic heterocycles. The van der Waals surface area contributed by atoms with Crippen molar-refractivity contribution in [3.05, 3.63) is 47.8 Å². The van der Waals surface area contributed by atoms with Crippen LogP contribution in [0.25, 0.3) is 10.9 Å². The van der Waals surface area contributed by atoms with Gasteiger partial charge in [-0.15, -0.1) is 0 Å². The molecule has 1 heterocycles. The van der Waals surface area contributed by atoms with Gasteiger partial charge in [-0.05, 0) is 37.7 Å².